The quantitative estimate of drug-likeness (QED) is 0.756. The summed E-state index contributed by atoms with van der Waals surface area (Å²) >= 11 is 0. The number of carbonyl (C=O) groups excluding carboxylic acids is 2. The molecule has 0 aliphatic carbocycles. The lowest BCUT2D eigenvalue weighted by Gasteiger charge is -2.30. The summed E-state index contributed by atoms with van der Waals surface area (Å²) in [5.74, 6) is -0.629. The number of ether oxygens (including phenoxy) is 1. The second-order valence-corrected chi connectivity index (χ2v) is 6.76. The van der Waals surface area contributed by atoms with Crippen LogP contribution < -0.4 is 0 Å². The van der Waals surface area contributed by atoms with Gasteiger partial charge >= 0.3 is 5.97 Å². The van der Waals surface area contributed by atoms with Crippen LogP contribution >= 0.6 is 0 Å². The molecule has 1 heterocycles. The van der Waals surface area contributed by atoms with Crippen molar-refractivity contribution in [3.05, 3.63) is 0 Å². The van der Waals surface area contributed by atoms with Crippen LogP contribution in [-0.4, -0.2) is 29.1 Å². The van der Waals surface area contributed by atoms with Crippen molar-refractivity contribution >= 4 is 11.8 Å². The van der Waals surface area contributed by atoms with Crippen molar-refractivity contribution in [2.45, 2.75) is 72.5 Å². The summed E-state index contributed by atoms with van der Waals surface area (Å²) in [7, 11) is 0. The number of carbonyl (C=O) groups is 2. The van der Waals surface area contributed by atoms with Gasteiger partial charge in [-0.25, -0.2) is 0 Å². The topological polar surface area (TPSA) is 63.6 Å². The highest BCUT2D eigenvalue weighted by Crippen LogP contribution is 2.27. The number of cyclic esters (lactones) is 1. The van der Waals surface area contributed by atoms with Gasteiger partial charge in [0.2, 0.25) is 0 Å². The van der Waals surface area contributed by atoms with Crippen molar-refractivity contribution < 1.29 is 19.4 Å². The first-order chi connectivity index (χ1) is 9.77. The monoisotopic (exact) mass is 298 g/mol. The highest BCUT2D eigenvalue weighted by molar-refractivity contribution is 5.80. The van der Waals surface area contributed by atoms with Crippen LogP contribution in [0.15, 0.2) is 0 Å². The van der Waals surface area contributed by atoms with E-state index in [0.29, 0.717) is 12.8 Å². The standard InChI is InChI=1S/C17H30O4/c1-6-15-10(2)7-8-14(18)11(3)9-12(4)16(19)13(5)17(20)21-15/h10-13,15-16,19H,6-9H2,1-5H3/t10-,11-,12+,13-,15-,16+/m1/s1. The Morgan fingerprint density at radius 1 is 1.14 bits per heavy atom. The van der Waals surface area contributed by atoms with E-state index in [-0.39, 0.29) is 35.6 Å². The number of rotatable bonds is 1. The molecule has 0 aromatic heterocycles. The lowest BCUT2D eigenvalue weighted by Crippen LogP contribution is -2.37. The van der Waals surface area contributed by atoms with Crippen molar-refractivity contribution in [3.8, 4) is 0 Å². The zero-order chi connectivity index (χ0) is 16.2. The normalized spacial score (nSPS) is 40.1. The summed E-state index contributed by atoms with van der Waals surface area (Å²) in [4.78, 5) is 24.4. The van der Waals surface area contributed by atoms with Gasteiger partial charge in [-0.1, -0.05) is 27.7 Å². The zero-order valence-corrected chi connectivity index (χ0v) is 14.0. The van der Waals surface area contributed by atoms with Crippen LogP contribution in [0.1, 0.15) is 60.3 Å². The first-order valence-corrected chi connectivity index (χ1v) is 8.19. The molecule has 0 spiro atoms. The lowest BCUT2D eigenvalue weighted by atomic mass is 9.83. The molecule has 0 radical (unpaired) electrons. The van der Waals surface area contributed by atoms with Crippen LogP contribution in [0, 0.1) is 23.7 Å². The van der Waals surface area contributed by atoms with E-state index in [4.69, 9.17) is 4.74 Å². The molecule has 1 rings (SSSR count). The van der Waals surface area contributed by atoms with E-state index in [0.717, 1.165) is 12.8 Å². The second-order valence-electron chi connectivity index (χ2n) is 6.76. The average molecular weight is 298 g/mol. The highest BCUT2D eigenvalue weighted by Gasteiger charge is 2.33. The smallest absolute Gasteiger partial charge is 0.311 e. The predicted octanol–water partition coefficient (Wildman–Crippen LogP) is 2.97. The minimum absolute atomic E-state index is 0.0652. The third kappa shape index (κ3) is 4.80. The van der Waals surface area contributed by atoms with Crippen LogP contribution in [0.2, 0.25) is 0 Å². The summed E-state index contributed by atoms with van der Waals surface area (Å²) in [5.41, 5.74) is 0. The largest absolute Gasteiger partial charge is 0.462 e. The average Bonchev–Trinajstić information content (AvgIpc) is 2.46. The molecule has 4 heteroatoms. The molecule has 4 nitrogen and oxygen atoms in total. The maximum atomic E-state index is 12.2. The second kappa shape index (κ2) is 7.92. The van der Waals surface area contributed by atoms with Crippen molar-refractivity contribution in [1.82, 2.24) is 0 Å². The van der Waals surface area contributed by atoms with Crippen LogP contribution in [0.5, 0.6) is 0 Å². The van der Waals surface area contributed by atoms with Gasteiger partial charge in [0, 0.05) is 12.3 Å². The van der Waals surface area contributed by atoms with Crippen molar-refractivity contribution in [2.24, 2.45) is 23.7 Å². The van der Waals surface area contributed by atoms with Gasteiger partial charge in [-0.05, 0) is 38.0 Å². The fourth-order valence-electron chi connectivity index (χ4n) is 3.12. The third-order valence-corrected chi connectivity index (χ3v) is 4.89. The molecule has 1 aliphatic rings. The van der Waals surface area contributed by atoms with Crippen LogP contribution in [-0.2, 0) is 14.3 Å². The highest BCUT2D eigenvalue weighted by atomic mass is 16.5. The van der Waals surface area contributed by atoms with Gasteiger partial charge in [0.1, 0.15) is 11.9 Å². The third-order valence-electron chi connectivity index (χ3n) is 4.89. The molecular formula is C17H30O4. The van der Waals surface area contributed by atoms with Crippen molar-refractivity contribution in [3.63, 3.8) is 0 Å². The molecule has 1 saturated heterocycles. The fraction of sp³-hybridized carbons (Fsp3) is 0.882. The Kier molecular flexibility index (Phi) is 6.85. The van der Waals surface area contributed by atoms with E-state index in [2.05, 4.69) is 0 Å². The molecule has 1 fully saturated rings. The number of Topliss-reactive ketones (excluding diaryl/α,β-unsaturated/α-hetero) is 1. The number of esters is 1. The summed E-state index contributed by atoms with van der Waals surface area (Å²) in [6.07, 6.45) is 1.68. The van der Waals surface area contributed by atoms with Crippen LogP contribution in [0.3, 0.4) is 0 Å². The van der Waals surface area contributed by atoms with Crippen LogP contribution in [0.25, 0.3) is 0 Å². The number of aliphatic hydroxyl groups excluding tert-OH is 1. The summed E-state index contributed by atoms with van der Waals surface area (Å²) in [5, 5.41) is 10.3. The summed E-state index contributed by atoms with van der Waals surface area (Å²) in [6, 6.07) is 0. The molecule has 21 heavy (non-hydrogen) atoms. The van der Waals surface area contributed by atoms with E-state index in [9.17, 15) is 14.7 Å². The molecule has 122 valence electrons. The number of hydrogen-bond acceptors (Lipinski definition) is 4. The molecular weight excluding hydrogens is 268 g/mol. The number of aliphatic hydroxyl groups is 1. The molecule has 0 unspecified atom stereocenters. The molecule has 6 atom stereocenters. The summed E-state index contributed by atoms with van der Waals surface area (Å²) < 4.78 is 5.57. The fourth-order valence-corrected chi connectivity index (χ4v) is 3.12. The lowest BCUT2D eigenvalue weighted by molar-refractivity contribution is -0.161. The van der Waals surface area contributed by atoms with Gasteiger partial charge in [0.25, 0.3) is 0 Å². The Labute approximate surface area is 128 Å². The van der Waals surface area contributed by atoms with E-state index >= 15 is 0 Å². The van der Waals surface area contributed by atoms with Gasteiger partial charge in [-0.2, -0.15) is 0 Å². The van der Waals surface area contributed by atoms with Gasteiger partial charge in [0.05, 0.1) is 12.0 Å². The minimum Gasteiger partial charge on any atom is -0.462 e. The Morgan fingerprint density at radius 3 is 2.33 bits per heavy atom. The van der Waals surface area contributed by atoms with Gasteiger partial charge < -0.3 is 9.84 Å². The molecule has 0 amide bonds. The molecule has 0 saturated carbocycles. The predicted molar refractivity (Wildman–Crippen MR) is 81.7 cm³/mol. The van der Waals surface area contributed by atoms with E-state index in [1.54, 1.807) is 6.92 Å². The van der Waals surface area contributed by atoms with Crippen molar-refractivity contribution in [1.29, 1.82) is 0 Å². The molecule has 1 N–H and O–H groups in total. The maximum absolute atomic E-state index is 12.2. The minimum atomic E-state index is -0.764. The van der Waals surface area contributed by atoms with Crippen molar-refractivity contribution in [2.75, 3.05) is 0 Å². The summed E-state index contributed by atoms with van der Waals surface area (Å²) in [6.45, 7) is 9.52. The van der Waals surface area contributed by atoms with Crippen LogP contribution in [0.4, 0.5) is 0 Å². The molecule has 0 aromatic rings. The number of hydrogen-bond donors (Lipinski definition) is 1. The van der Waals surface area contributed by atoms with E-state index < -0.39 is 12.0 Å². The molecule has 0 bridgehead atoms. The van der Waals surface area contributed by atoms with Gasteiger partial charge in [-0.3, -0.25) is 9.59 Å². The van der Waals surface area contributed by atoms with Gasteiger partial charge in [0.15, 0.2) is 0 Å². The van der Waals surface area contributed by atoms with E-state index in [1.165, 1.54) is 0 Å². The Morgan fingerprint density at radius 2 is 1.76 bits per heavy atom. The van der Waals surface area contributed by atoms with Gasteiger partial charge in [-0.15, -0.1) is 0 Å². The Balaban J connectivity index is 2.93. The Hall–Kier alpha value is -0.900. The SMILES string of the molecule is CC[C@H]1OC(=O)[C@H](C)[C@@H](O)[C@@H](C)C[C@@H](C)C(=O)CC[C@H]1C. The Bertz CT molecular complexity index is 366. The maximum Gasteiger partial charge on any atom is 0.311 e. The zero-order valence-electron chi connectivity index (χ0n) is 14.0. The first-order valence-electron chi connectivity index (χ1n) is 8.19. The first kappa shape index (κ1) is 18.1. The van der Waals surface area contributed by atoms with E-state index in [1.807, 2.05) is 27.7 Å². The molecule has 0 aromatic carbocycles. The number of ketones is 1. The molecule has 1 aliphatic heterocycles.